The van der Waals surface area contributed by atoms with Crippen LogP contribution in [-0.2, 0) is 9.53 Å². The summed E-state index contributed by atoms with van der Waals surface area (Å²) < 4.78 is 5.40. The molecule has 2 saturated heterocycles. The van der Waals surface area contributed by atoms with Crippen molar-refractivity contribution in [2.75, 3.05) is 39.4 Å². The van der Waals surface area contributed by atoms with Gasteiger partial charge in [-0.25, -0.2) is 0 Å². The van der Waals surface area contributed by atoms with Crippen molar-refractivity contribution in [2.45, 2.75) is 38.6 Å². The third-order valence-electron chi connectivity index (χ3n) is 4.29. The Morgan fingerprint density at radius 3 is 2.70 bits per heavy atom. The van der Waals surface area contributed by atoms with E-state index in [1.54, 1.807) is 0 Å². The number of carbonyl (C=O) groups excluding carboxylic acids is 1. The number of nitrogens with zero attached hydrogens (tertiary/aromatic N) is 3. The van der Waals surface area contributed by atoms with Gasteiger partial charge in [0.05, 0.1) is 24.6 Å². The predicted molar refractivity (Wildman–Crippen MR) is 76.0 cm³/mol. The van der Waals surface area contributed by atoms with Gasteiger partial charge in [0, 0.05) is 32.8 Å². The Balaban J connectivity index is 1.81. The van der Waals surface area contributed by atoms with E-state index in [4.69, 9.17) is 4.74 Å². The Kier molecular flexibility index (Phi) is 5.81. The first-order valence-corrected chi connectivity index (χ1v) is 7.76. The minimum absolute atomic E-state index is 0.00951. The molecule has 2 rings (SSSR count). The first-order chi connectivity index (χ1) is 9.76. The lowest BCUT2D eigenvalue weighted by Crippen LogP contribution is -2.53. The highest BCUT2D eigenvalue weighted by Gasteiger charge is 2.30. The molecule has 2 aliphatic rings. The summed E-state index contributed by atoms with van der Waals surface area (Å²) in [4.78, 5) is 16.6. The second kappa shape index (κ2) is 7.61. The topological polar surface area (TPSA) is 56.6 Å². The highest BCUT2D eigenvalue weighted by atomic mass is 16.5. The molecule has 0 saturated carbocycles. The van der Waals surface area contributed by atoms with Crippen molar-refractivity contribution in [3.8, 4) is 6.07 Å². The minimum Gasteiger partial charge on any atom is -0.381 e. The smallest absolute Gasteiger partial charge is 0.228 e. The van der Waals surface area contributed by atoms with Crippen molar-refractivity contribution in [3.05, 3.63) is 0 Å². The van der Waals surface area contributed by atoms with Crippen LogP contribution in [0.1, 0.15) is 32.6 Å². The Labute approximate surface area is 121 Å². The summed E-state index contributed by atoms with van der Waals surface area (Å²) >= 11 is 0. The van der Waals surface area contributed by atoms with Crippen LogP contribution in [0.3, 0.4) is 0 Å². The number of piperazine rings is 1. The maximum Gasteiger partial charge on any atom is 0.228 e. The van der Waals surface area contributed by atoms with Crippen LogP contribution in [0.5, 0.6) is 0 Å². The van der Waals surface area contributed by atoms with Crippen LogP contribution in [0.25, 0.3) is 0 Å². The van der Waals surface area contributed by atoms with E-state index in [-0.39, 0.29) is 17.9 Å². The van der Waals surface area contributed by atoms with Gasteiger partial charge in [-0.3, -0.25) is 9.69 Å². The molecule has 0 radical (unpaired) electrons. The Bertz CT molecular complexity index is 353. The van der Waals surface area contributed by atoms with Crippen LogP contribution in [-0.4, -0.2) is 61.1 Å². The Morgan fingerprint density at radius 1 is 1.40 bits per heavy atom. The maximum absolute atomic E-state index is 12.4. The van der Waals surface area contributed by atoms with E-state index in [2.05, 4.69) is 17.9 Å². The van der Waals surface area contributed by atoms with Crippen LogP contribution in [0.2, 0.25) is 0 Å². The van der Waals surface area contributed by atoms with Crippen molar-refractivity contribution < 1.29 is 9.53 Å². The summed E-state index contributed by atoms with van der Waals surface area (Å²) in [5.41, 5.74) is 0. The predicted octanol–water partition coefficient (Wildman–Crippen LogP) is 1.25. The Morgan fingerprint density at radius 2 is 2.15 bits per heavy atom. The van der Waals surface area contributed by atoms with Crippen molar-refractivity contribution in [1.82, 2.24) is 9.80 Å². The average molecular weight is 279 g/mol. The molecule has 20 heavy (non-hydrogen) atoms. The molecule has 0 bridgehead atoms. The highest BCUT2D eigenvalue weighted by molar-refractivity contribution is 5.79. The number of ether oxygens (including phenoxy) is 1. The molecule has 2 heterocycles. The van der Waals surface area contributed by atoms with Gasteiger partial charge >= 0.3 is 0 Å². The third-order valence-corrected chi connectivity index (χ3v) is 4.29. The molecule has 2 unspecified atom stereocenters. The van der Waals surface area contributed by atoms with Gasteiger partial charge in [0.1, 0.15) is 0 Å². The zero-order chi connectivity index (χ0) is 14.4. The second-order valence-electron chi connectivity index (χ2n) is 5.71. The van der Waals surface area contributed by atoms with Crippen molar-refractivity contribution in [2.24, 2.45) is 5.92 Å². The summed E-state index contributed by atoms with van der Waals surface area (Å²) in [6.45, 7) is 6.60. The fourth-order valence-corrected chi connectivity index (χ4v) is 3.05. The molecule has 5 nitrogen and oxygen atoms in total. The maximum atomic E-state index is 12.4. The zero-order valence-electron chi connectivity index (χ0n) is 12.4. The number of carbonyl (C=O) groups is 1. The fourth-order valence-electron chi connectivity index (χ4n) is 3.05. The van der Waals surface area contributed by atoms with Gasteiger partial charge in [-0.05, 0) is 19.3 Å². The molecule has 0 N–H and O–H groups in total. The number of nitriles is 1. The summed E-state index contributed by atoms with van der Waals surface area (Å²) in [7, 11) is 0. The number of amides is 1. The summed E-state index contributed by atoms with van der Waals surface area (Å²) in [5, 5.41) is 9.20. The van der Waals surface area contributed by atoms with E-state index in [1.165, 1.54) is 0 Å². The molecular weight excluding hydrogens is 254 g/mol. The monoisotopic (exact) mass is 279 g/mol. The van der Waals surface area contributed by atoms with Gasteiger partial charge in [-0.2, -0.15) is 5.26 Å². The minimum atomic E-state index is 0.00951. The third kappa shape index (κ3) is 3.71. The van der Waals surface area contributed by atoms with Crippen molar-refractivity contribution in [1.29, 1.82) is 5.26 Å². The van der Waals surface area contributed by atoms with Crippen LogP contribution < -0.4 is 0 Å². The standard InChI is InChI=1S/C15H25N3O2/c1-2-4-14(11-16)17-6-8-18(9-7-17)15(19)13-5-3-10-20-12-13/h13-14H,2-10,12H2,1H3. The molecule has 0 aromatic rings. The van der Waals surface area contributed by atoms with Gasteiger partial charge in [-0.1, -0.05) is 13.3 Å². The largest absolute Gasteiger partial charge is 0.381 e. The van der Waals surface area contributed by atoms with E-state index in [9.17, 15) is 10.1 Å². The molecule has 5 heteroatoms. The fraction of sp³-hybridized carbons (Fsp3) is 0.867. The van der Waals surface area contributed by atoms with Crippen LogP contribution >= 0.6 is 0 Å². The molecule has 112 valence electrons. The lowest BCUT2D eigenvalue weighted by atomic mass is 10.00. The van der Waals surface area contributed by atoms with Gasteiger partial charge in [0.25, 0.3) is 0 Å². The van der Waals surface area contributed by atoms with E-state index in [1.807, 2.05) is 4.90 Å². The summed E-state index contributed by atoms with van der Waals surface area (Å²) in [6, 6.07) is 2.39. The molecule has 0 spiro atoms. The van der Waals surface area contributed by atoms with Gasteiger partial charge in [0.15, 0.2) is 0 Å². The number of hydrogen-bond acceptors (Lipinski definition) is 4. The lowest BCUT2D eigenvalue weighted by molar-refractivity contribution is -0.141. The zero-order valence-corrected chi connectivity index (χ0v) is 12.4. The molecule has 2 fully saturated rings. The number of hydrogen-bond donors (Lipinski definition) is 0. The van der Waals surface area contributed by atoms with Crippen LogP contribution in [0, 0.1) is 17.2 Å². The molecule has 1 amide bonds. The Hall–Kier alpha value is -1.12. The van der Waals surface area contributed by atoms with Gasteiger partial charge < -0.3 is 9.64 Å². The average Bonchev–Trinajstić information content (AvgIpc) is 2.53. The van der Waals surface area contributed by atoms with Crippen molar-refractivity contribution >= 4 is 5.91 Å². The molecule has 2 atom stereocenters. The molecular formula is C15H25N3O2. The van der Waals surface area contributed by atoms with E-state index >= 15 is 0 Å². The molecule has 0 aliphatic carbocycles. The molecule has 2 aliphatic heterocycles. The molecule has 0 aromatic heterocycles. The van der Waals surface area contributed by atoms with Crippen molar-refractivity contribution in [3.63, 3.8) is 0 Å². The van der Waals surface area contributed by atoms with Gasteiger partial charge in [-0.15, -0.1) is 0 Å². The molecule has 0 aromatic carbocycles. The second-order valence-corrected chi connectivity index (χ2v) is 5.71. The van der Waals surface area contributed by atoms with Crippen LogP contribution in [0.15, 0.2) is 0 Å². The van der Waals surface area contributed by atoms with Crippen LogP contribution in [0.4, 0.5) is 0 Å². The lowest BCUT2D eigenvalue weighted by Gasteiger charge is -2.38. The number of rotatable bonds is 4. The van der Waals surface area contributed by atoms with E-state index < -0.39 is 0 Å². The summed E-state index contributed by atoms with van der Waals surface area (Å²) in [6.07, 6.45) is 3.89. The first-order valence-electron chi connectivity index (χ1n) is 7.76. The highest BCUT2D eigenvalue weighted by Crippen LogP contribution is 2.18. The van der Waals surface area contributed by atoms with E-state index in [0.29, 0.717) is 6.61 Å². The first kappa shape index (κ1) is 15.3. The quantitative estimate of drug-likeness (QED) is 0.777. The SMILES string of the molecule is CCCC(C#N)N1CCN(C(=O)C2CCCOC2)CC1. The summed E-state index contributed by atoms with van der Waals surface area (Å²) in [5.74, 6) is 0.297. The van der Waals surface area contributed by atoms with E-state index in [0.717, 1.165) is 58.5 Å². The van der Waals surface area contributed by atoms with Gasteiger partial charge in [0.2, 0.25) is 5.91 Å². The normalized spacial score (nSPS) is 26.0.